The summed E-state index contributed by atoms with van der Waals surface area (Å²) >= 11 is 0. The number of rotatable bonds is 4. The van der Waals surface area contributed by atoms with E-state index in [2.05, 4.69) is 0 Å². The molecule has 3 aliphatic heterocycles. The zero-order chi connectivity index (χ0) is 23.4. The first kappa shape index (κ1) is 22.3. The number of fused-ring (bicyclic) bond motifs is 3. The Morgan fingerprint density at radius 3 is 2.30 bits per heavy atom. The van der Waals surface area contributed by atoms with Gasteiger partial charge in [-0.05, 0) is 51.5 Å². The fraction of sp³-hybridized carbons (Fsp3) is 0.480. The van der Waals surface area contributed by atoms with Gasteiger partial charge in [0, 0.05) is 5.56 Å². The van der Waals surface area contributed by atoms with Gasteiger partial charge in [0.15, 0.2) is 17.7 Å². The molecule has 3 heterocycles. The molecule has 0 bridgehead atoms. The van der Waals surface area contributed by atoms with Crippen LogP contribution in [0.5, 0.6) is 5.75 Å². The van der Waals surface area contributed by atoms with Crippen LogP contribution in [0.4, 0.5) is 0 Å². The Kier molecular flexibility index (Phi) is 5.46. The minimum absolute atomic E-state index is 0.223. The van der Waals surface area contributed by atoms with E-state index in [4.69, 9.17) is 28.4 Å². The predicted octanol–water partition coefficient (Wildman–Crippen LogP) is 3.83. The molecule has 0 aromatic heterocycles. The standard InChI is InChI=1S/C25H28O8/c1-24(2)28-13-18-19(31-24)20-21(33-25(3,4)32-20)23(30-18)29-17-8-6-5-7-16(17)14-9-11-15(12-10-14)22(26)27/h5-12,18-21,23H,13H2,1-4H3,(H,26,27)/t18-,19-,20+,21+,23+/m1/s1. The van der Waals surface area contributed by atoms with Gasteiger partial charge < -0.3 is 33.5 Å². The van der Waals surface area contributed by atoms with Gasteiger partial charge >= 0.3 is 5.97 Å². The minimum Gasteiger partial charge on any atom is -0.478 e. The SMILES string of the molecule is CC1(C)O[C@@H]2[C@H](O1)[C@@H](Oc1ccccc1-c1ccc(C(=O)O)cc1)O[C@@H]1COC(C)(C)O[C@@H]21. The molecule has 3 aliphatic rings. The highest BCUT2D eigenvalue weighted by atomic mass is 16.8. The molecule has 2 aromatic carbocycles. The molecule has 3 saturated heterocycles. The fourth-order valence-electron chi connectivity index (χ4n) is 4.56. The summed E-state index contributed by atoms with van der Waals surface area (Å²) in [5, 5.41) is 9.19. The number of carboxylic acid groups (broad SMARTS) is 1. The van der Waals surface area contributed by atoms with Crippen molar-refractivity contribution >= 4 is 5.97 Å². The maximum Gasteiger partial charge on any atom is 0.335 e. The van der Waals surface area contributed by atoms with Crippen molar-refractivity contribution in [2.24, 2.45) is 0 Å². The van der Waals surface area contributed by atoms with Crippen LogP contribution in [-0.4, -0.2) is 60.0 Å². The maximum atomic E-state index is 11.2. The number of hydrogen-bond donors (Lipinski definition) is 1. The summed E-state index contributed by atoms with van der Waals surface area (Å²) in [5.41, 5.74) is 1.86. The van der Waals surface area contributed by atoms with Gasteiger partial charge in [-0.25, -0.2) is 4.79 Å². The molecule has 3 fully saturated rings. The molecule has 0 amide bonds. The van der Waals surface area contributed by atoms with Crippen LogP contribution >= 0.6 is 0 Å². The molecule has 0 spiro atoms. The Morgan fingerprint density at radius 1 is 0.909 bits per heavy atom. The van der Waals surface area contributed by atoms with E-state index in [9.17, 15) is 9.90 Å². The third-order valence-corrected chi connectivity index (χ3v) is 6.02. The zero-order valence-electron chi connectivity index (χ0n) is 19.0. The highest BCUT2D eigenvalue weighted by molar-refractivity contribution is 5.88. The monoisotopic (exact) mass is 456 g/mol. The van der Waals surface area contributed by atoms with E-state index in [1.165, 1.54) is 0 Å². The molecule has 5 atom stereocenters. The Bertz CT molecular complexity index is 1030. The Hall–Kier alpha value is -2.49. The maximum absolute atomic E-state index is 11.2. The third kappa shape index (κ3) is 4.37. The summed E-state index contributed by atoms with van der Waals surface area (Å²) in [6.07, 6.45) is -2.35. The van der Waals surface area contributed by atoms with E-state index < -0.39 is 29.9 Å². The second-order valence-corrected chi connectivity index (χ2v) is 9.40. The molecule has 176 valence electrons. The summed E-state index contributed by atoms with van der Waals surface area (Å²) < 4.78 is 37.0. The molecule has 0 unspecified atom stereocenters. The molecule has 0 radical (unpaired) electrons. The molecular weight excluding hydrogens is 428 g/mol. The van der Waals surface area contributed by atoms with Crippen molar-refractivity contribution in [2.45, 2.75) is 70.0 Å². The van der Waals surface area contributed by atoms with E-state index in [1.807, 2.05) is 52.0 Å². The van der Waals surface area contributed by atoms with Gasteiger partial charge in [0.05, 0.1) is 12.2 Å². The second-order valence-electron chi connectivity index (χ2n) is 9.40. The number of para-hydroxylation sites is 1. The van der Waals surface area contributed by atoms with Gasteiger partial charge in [0.2, 0.25) is 6.29 Å². The van der Waals surface area contributed by atoms with Crippen LogP contribution in [0.25, 0.3) is 11.1 Å². The number of carbonyl (C=O) groups is 1. The van der Waals surface area contributed by atoms with E-state index in [-0.39, 0.29) is 23.9 Å². The highest BCUT2D eigenvalue weighted by Gasteiger charge is 2.59. The molecule has 33 heavy (non-hydrogen) atoms. The topological polar surface area (TPSA) is 92.7 Å². The molecule has 8 nitrogen and oxygen atoms in total. The van der Waals surface area contributed by atoms with Crippen LogP contribution in [0.15, 0.2) is 48.5 Å². The summed E-state index contributed by atoms with van der Waals surface area (Å²) in [4.78, 5) is 11.2. The first-order valence-electron chi connectivity index (χ1n) is 11.0. The molecule has 8 heteroatoms. The number of carboxylic acids is 1. The van der Waals surface area contributed by atoms with Crippen LogP contribution in [0.3, 0.4) is 0 Å². The molecule has 1 N–H and O–H groups in total. The summed E-state index contributed by atoms with van der Waals surface area (Å²) in [7, 11) is 0. The van der Waals surface area contributed by atoms with Crippen molar-refractivity contribution < 1.29 is 38.3 Å². The summed E-state index contributed by atoms with van der Waals surface area (Å²) in [6.45, 7) is 7.81. The lowest BCUT2D eigenvalue weighted by atomic mass is 9.97. The lowest BCUT2D eigenvalue weighted by Gasteiger charge is -2.48. The number of ether oxygens (including phenoxy) is 6. The minimum atomic E-state index is -0.969. The van der Waals surface area contributed by atoms with Crippen LogP contribution in [0.1, 0.15) is 38.1 Å². The normalized spacial score (nSPS) is 31.9. The first-order valence-corrected chi connectivity index (χ1v) is 11.0. The quantitative estimate of drug-likeness (QED) is 0.742. The van der Waals surface area contributed by atoms with Crippen LogP contribution in [-0.2, 0) is 23.7 Å². The number of benzene rings is 2. The number of aromatic carboxylic acids is 1. The highest BCUT2D eigenvalue weighted by Crippen LogP contribution is 2.43. The molecule has 0 saturated carbocycles. The van der Waals surface area contributed by atoms with Crippen molar-refractivity contribution in [2.75, 3.05) is 6.61 Å². The fourth-order valence-corrected chi connectivity index (χ4v) is 4.56. The van der Waals surface area contributed by atoms with Gasteiger partial charge in [0.25, 0.3) is 0 Å². The zero-order valence-corrected chi connectivity index (χ0v) is 19.0. The first-order chi connectivity index (χ1) is 15.6. The Labute approximate surface area is 192 Å². The van der Waals surface area contributed by atoms with Gasteiger partial charge in [-0.3, -0.25) is 0 Å². The van der Waals surface area contributed by atoms with Crippen molar-refractivity contribution in [3.05, 3.63) is 54.1 Å². The second kappa shape index (κ2) is 8.07. The average Bonchev–Trinajstić information content (AvgIpc) is 3.10. The van der Waals surface area contributed by atoms with E-state index in [1.54, 1.807) is 24.3 Å². The molecule has 0 aliphatic carbocycles. The number of hydrogen-bond acceptors (Lipinski definition) is 7. The van der Waals surface area contributed by atoms with Gasteiger partial charge in [0.1, 0.15) is 24.1 Å². The van der Waals surface area contributed by atoms with Crippen LogP contribution in [0, 0.1) is 0 Å². The average molecular weight is 456 g/mol. The van der Waals surface area contributed by atoms with Gasteiger partial charge in [-0.15, -0.1) is 0 Å². The van der Waals surface area contributed by atoms with Crippen LogP contribution in [0.2, 0.25) is 0 Å². The van der Waals surface area contributed by atoms with Crippen molar-refractivity contribution in [1.29, 1.82) is 0 Å². The van der Waals surface area contributed by atoms with Crippen molar-refractivity contribution in [3.8, 4) is 16.9 Å². The lowest BCUT2D eigenvalue weighted by Crippen LogP contribution is -2.64. The van der Waals surface area contributed by atoms with Crippen LogP contribution < -0.4 is 4.74 Å². The van der Waals surface area contributed by atoms with Crippen molar-refractivity contribution in [3.63, 3.8) is 0 Å². The van der Waals surface area contributed by atoms with Gasteiger partial charge in [-0.2, -0.15) is 0 Å². The van der Waals surface area contributed by atoms with E-state index in [0.717, 1.165) is 11.1 Å². The summed E-state index contributed by atoms with van der Waals surface area (Å²) in [6, 6.07) is 14.2. The molecule has 5 rings (SSSR count). The summed E-state index contributed by atoms with van der Waals surface area (Å²) in [5.74, 6) is -1.93. The smallest absolute Gasteiger partial charge is 0.335 e. The lowest BCUT2D eigenvalue weighted by molar-refractivity contribution is -0.362. The predicted molar refractivity (Wildman–Crippen MR) is 117 cm³/mol. The Balaban J connectivity index is 1.43. The van der Waals surface area contributed by atoms with Crippen molar-refractivity contribution in [1.82, 2.24) is 0 Å². The van der Waals surface area contributed by atoms with Gasteiger partial charge in [-0.1, -0.05) is 30.3 Å². The molecule has 2 aromatic rings. The Morgan fingerprint density at radius 2 is 1.58 bits per heavy atom. The van der Waals surface area contributed by atoms with E-state index in [0.29, 0.717) is 12.4 Å². The third-order valence-electron chi connectivity index (χ3n) is 6.02. The molecular formula is C25H28O8. The largest absolute Gasteiger partial charge is 0.478 e. The van der Waals surface area contributed by atoms with E-state index >= 15 is 0 Å².